The van der Waals surface area contributed by atoms with Crippen molar-refractivity contribution in [2.75, 3.05) is 6.61 Å². The summed E-state index contributed by atoms with van der Waals surface area (Å²) >= 11 is 1.26. The van der Waals surface area contributed by atoms with Crippen molar-refractivity contribution in [3.8, 4) is 11.8 Å². The van der Waals surface area contributed by atoms with Crippen LogP contribution in [0.25, 0.3) is 10.1 Å². The van der Waals surface area contributed by atoms with E-state index >= 15 is 0 Å². The number of carbonyl (C=O) groups excluding carboxylic acids is 1. The number of nitriles is 1. The first-order valence-electron chi connectivity index (χ1n) is 10.2. The van der Waals surface area contributed by atoms with Gasteiger partial charge in [0.25, 0.3) is 0 Å². The number of rotatable bonds is 5. The minimum Gasteiger partial charge on any atom is -0.487 e. The van der Waals surface area contributed by atoms with Crippen molar-refractivity contribution in [2.45, 2.75) is 25.4 Å². The van der Waals surface area contributed by atoms with Crippen LogP contribution in [-0.4, -0.2) is 18.6 Å². The first-order chi connectivity index (χ1) is 15.8. The summed E-state index contributed by atoms with van der Waals surface area (Å²) < 4.78 is 60.6. The van der Waals surface area contributed by atoms with Crippen molar-refractivity contribution in [1.29, 1.82) is 5.26 Å². The first-order valence-corrected chi connectivity index (χ1v) is 11.0. The smallest absolute Gasteiger partial charge is 0.416 e. The van der Waals surface area contributed by atoms with Crippen molar-refractivity contribution in [1.82, 2.24) is 0 Å². The van der Waals surface area contributed by atoms with E-state index in [4.69, 9.17) is 10.00 Å². The van der Waals surface area contributed by atoms with E-state index in [1.165, 1.54) is 29.0 Å². The van der Waals surface area contributed by atoms with Crippen molar-refractivity contribution >= 4 is 27.2 Å². The second kappa shape index (κ2) is 7.85. The molecular weight excluding hydrogens is 454 g/mol. The van der Waals surface area contributed by atoms with Gasteiger partial charge in [-0.1, -0.05) is 6.07 Å². The Kier molecular flexibility index (Phi) is 5.09. The number of thiophene rings is 1. The minimum atomic E-state index is -4.70. The number of hydrogen-bond acceptors (Lipinski definition) is 4. The number of carbonyl (C=O) groups is 1. The van der Waals surface area contributed by atoms with Gasteiger partial charge in [-0.3, -0.25) is 4.79 Å². The SMILES string of the molecule is N#Cc1ccc(C(=O)c2sc3c4c(ccc3c2OCC2=C(C(F)(F)F)C=C(F)CC2)C4)cc1. The van der Waals surface area contributed by atoms with Gasteiger partial charge in [-0.2, -0.15) is 18.4 Å². The van der Waals surface area contributed by atoms with Gasteiger partial charge in [0.1, 0.15) is 23.1 Å². The third-order valence-electron chi connectivity index (χ3n) is 5.78. The molecule has 0 fully saturated rings. The topological polar surface area (TPSA) is 50.1 Å². The lowest BCUT2D eigenvalue weighted by Crippen LogP contribution is -2.19. The predicted molar refractivity (Wildman–Crippen MR) is 116 cm³/mol. The van der Waals surface area contributed by atoms with Crippen molar-refractivity contribution < 1.29 is 27.1 Å². The van der Waals surface area contributed by atoms with E-state index in [1.807, 2.05) is 18.2 Å². The molecule has 0 atom stereocenters. The molecule has 0 saturated heterocycles. The van der Waals surface area contributed by atoms with Crippen LogP contribution in [0.1, 0.15) is 44.8 Å². The van der Waals surface area contributed by atoms with Gasteiger partial charge in [0.05, 0.1) is 17.2 Å². The van der Waals surface area contributed by atoms with E-state index in [-0.39, 0.29) is 29.9 Å². The number of hydrogen-bond donors (Lipinski definition) is 0. The van der Waals surface area contributed by atoms with Gasteiger partial charge in [-0.15, -0.1) is 11.3 Å². The average molecular weight is 469 g/mol. The molecule has 1 aromatic heterocycles. The molecule has 2 aromatic carbocycles. The van der Waals surface area contributed by atoms with Crippen LogP contribution < -0.4 is 4.74 Å². The van der Waals surface area contributed by atoms with Crippen LogP contribution >= 0.6 is 11.3 Å². The maximum absolute atomic E-state index is 13.5. The quantitative estimate of drug-likeness (QED) is 0.239. The third-order valence-corrected chi connectivity index (χ3v) is 7.03. The summed E-state index contributed by atoms with van der Waals surface area (Å²) in [4.78, 5) is 13.6. The fourth-order valence-corrected chi connectivity index (χ4v) is 5.24. The molecule has 0 saturated carbocycles. The summed E-state index contributed by atoms with van der Waals surface area (Å²) in [6, 6.07) is 11.9. The Balaban J connectivity index is 1.54. The van der Waals surface area contributed by atoms with Crippen LogP contribution in [0.4, 0.5) is 17.6 Å². The molecule has 0 radical (unpaired) electrons. The van der Waals surface area contributed by atoms with Gasteiger partial charge in [-0.25, -0.2) is 4.39 Å². The third kappa shape index (κ3) is 3.93. The molecule has 0 unspecified atom stereocenters. The zero-order valence-electron chi connectivity index (χ0n) is 17.1. The van der Waals surface area contributed by atoms with Crippen molar-refractivity contribution in [2.24, 2.45) is 0 Å². The Morgan fingerprint density at radius 3 is 2.58 bits per heavy atom. The number of ether oxygens (including phenoxy) is 1. The highest BCUT2D eigenvalue weighted by Crippen LogP contribution is 2.47. The Hall–Kier alpha value is -3.44. The lowest BCUT2D eigenvalue weighted by molar-refractivity contribution is -0.0899. The standard InChI is InChI=1S/C25H15F4NO2S/c26-17-7-5-16(20(10-17)25(27,28)29)12-32-22-18-8-6-15-9-19(15)23(18)33-24(22)21(31)14-3-1-13(11-30)2-4-14/h1-4,6,8,10H,5,7,9,12H2. The predicted octanol–water partition coefficient (Wildman–Crippen LogP) is 6.79. The lowest BCUT2D eigenvalue weighted by Gasteiger charge is -2.20. The second-order valence-corrected chi connectivity index (χ2v) is 8.95. The Morgan fingerprint density at radius 2 is 1.88 bits per heavy atom. The van der Waals surface area contributed by atoms with E-state index in [2.05, 4.69) is 0 Å². The fraction of sp³-hybridized carbons (Fsp3) is 0.200. The number of ketones is 1. The minimum absolute atomic E-state index is 0.0493. The van der Waals surface area contributed by atoms with Crippen LogP contribution in [-0.2, 0) is 6.42 Å². The molecule has 3 aromatic rings. The van der Waals surface area contributed by atoms with Gasteiger partial charge >= 0.3 is 6.18 Å². The Morgan fingerprint density at radius 1 is 1.12 bits per heavy atom. The molecule has 166 valence electrons. The molecule has 33 heavy (non-hydrogen) atoms. The van der Waals surface area contributed by atoms with E-state index in [1.54, 1.807) is 12.1 Å². The monoisotopic (exact) mass is 469 g/mol. The van der Waals surface area contributed by atoms with Gasteiger partial charge in [0, 0.05) is 22.1 Å². The zero-order chi connectivity index (χ0) is 23.3. The van der Waals surface area contributed by atoms with Crippen LogP contribution in [0, 0.1) is 11.3 Å². The number of halogens is 4. The Labute approximate surface area is 190 Å². The summed E-state index contributed by atoms with van der Waals surface area (Å²) in [6.07, 6.45) is -3.59. The van der Waals surface area contributed by atoms with Crippen LogP contribution in [0.2, 0.25) is 0 Å². The fourth-order valence-electron chi connectivity index (χ4n) is 3.97. The maximum atomic E-state index is 13.5. The van der Waals surface area contributed by atoms with Crippen molar-refractivity contribution in [3.63, 3.8) is 0 Å². The maximum Gasteiger partial charge on any atom is 0.416 e. The molecule has 5 rings (SSSR count). The largest absolute Gasteiger partial charge is 0.487 e. The number of benzene rings is 2. The number of fused-ring (bicyclic) bond motifs is 3. The number of allylic oxidation sites excluding steroid dienone is 3. The van der Waals surface area contributed by atoms with E-state index in [0.717, 1.165) is 16.7 Å². The number of nitrogens with zero attached hydrogens (tertiary/aromatic N) is 1. The molecule has 0 N–H and O–H groups in total. The molecule has 0 spiro atoms. The van der Waals surface area contributed by atoms with Crippen LogP contribution in [0.15, 0.2) is 59.4 Å². The van der Waals surface area contributed by atoms with Crippen LogP contribution in [0.5, 0.6) is 5.75 Å². The van der Waals surface area contributed by atoms with E-state index in [9.17, 15) is 22.4 Å². The van der Waals surface area contributed by atoms with E-state index < -0.39 is 24.2 Å². The normalized spacial score (nSPS) is 15.2. The van der Waals surface area contributed by atoms with Gasteiger partial charge in [0.15, 0.2) is 0 Å². The molecule has 1 heterocycles. The molecule has 8 heteroatoms. The molecule has 0 aliphatic heterocycles. The van der Waals surface area contributed by atoms with Crippen molar-refractivity contribution in [3.05, 3.63) is 86.6 Å². The molecule has 3 nitrogen and oxygen atoms in total. The zero-order valence-corrected chi connectivity index (χ0v) is 17.9. The summed E-state index contributed by atoms with van der Waals surface area (Å²) in [7, 11) is 0. The summed E-state index contributed by atoms with van der Waals surface area (Å²) in [6.45, 7) is -0.394. The van der Waals surface area contributed by atoms with Crippen LogP contribution in [0.3, 0.4) is 0 Å². The lowest BCUT2D eigenvalue weighted by atomic mass is 9.97. The summed E-state index contributed by atoms with van der Waals surface area (Å²) in [5.74, 6) is -0.903. The molecule has 2 aliphatic carbocycles. The summed E-state index contributed by atoms with van der Waals surface area (Å²) in [5, 5.41) is 9.66. The second-order valence-electron chi connectivity index (χ2n) is 7.93. The molecule has 2 aliphatic rings. The molecule has 0 bridgehead atoms. The Bertz CT molecular complexity index is 1410. The highest BCUT2D eigenvalue weighted by molar-refractivity contribution is 7.21. The van der Waals surface area contributed by atoms with E-state index in [0.29, 0.717) is 27.5 Å². The molecular formula is C25H15F4NO2S. The summed E-state index contributed by atoms with van der Waals surface area (Å²) in [5.41, 5.74) is 1.96. The average Bonchev–Trinajstić information content (AvgIpc) is 3.50. The molecule has 0 amide bonds. The number of alkyl halides is 3. The highest BCUT2D eigenvalue weighted by Gasteiger charge is 2.37. The first kappa shape index (κ1) is 21.4. The van der Waals surface area contributed by atoms with Gasteiger partial charge in [0.2, 0.25) is 5.78 Å². The highest BCUT2D eigenvalue weighted by atomic mass is 32.1. The van der Waals surface area contributed by atoms with Gasteiger partial charge < -0.3 is 4.74 Å². The van der Waals surface area contributed by atoms with Gasteiger partial charge in [-0.05, 0) is 65.9 Å².